The standard InChI is InChI=1S/C14H16N4O/c19-14(12-8-15-9-12)16-6-11-7-17-18(10-11)13-4-2-1-3-5-13/h1-5,7,10,12,15H,6,8-9H2,(H,16,19). The van der Waals surface area contributed by atoms with Crippen molar-refractivity contribution in [3.8, 4) is 5.69 Å². The van der Waals surface area contributed by atoms with Crippen molar-refractivity contribution >= 4 is 5.91 Å². The highest BCUT2D eigenvalue weighted by molar-refractivity contribution is 5.79. The van der Waals surface area contributed by atoms with Crippen molar-refractivity contribution < 1.29 is 4.79 Å². The van der Waals surface area contributed by atoms with Gasteiger partial charge >= 0.3 is 0 Å². The Balaban J connectivity index is 1.60. The van der Waals surface area contributed by atoms with E-state index in [2.05, 4.69) is 15.7 Å². The Morgan fingerprint density at radius 1 is 1.37 bits per heavy atom. The van der Waals surface area contributed by atoms with Gasteiger partial charge in [-0.05, 0) is 12.1 Å². The number of carbonyl (C=O) groups excluding carboxylic acids is 1. The smallest absolute Gasteiger partial charge is 0.225 e. The van der Waals surface area contributed by atoms with Crippen molar-refractivity contribution in [2.75, 3.05) is 13.1 Å². The van der Waals surface area contributed by atoms with Gasteiger partial charge in [0.1, 0.15) is 0 Å². The molecule has 2 heterocycles. The fourth-order valence-corrected chi connectivity index (χ4v) is 1.98. The van der Waals surface area contributed by atoms with Gasteiger partial charge in [-0.2, -0.15) is 5.10 Å². The third kappa shape index (κ3) is 2.66. The molecule has 2 aromatic rings. The third-order valence-electron chi connectivity index (χ3n) is 3.28. The van der Waals surface area contributed by atoms with Gasteiger partial charge in [0.2, 0.25) is 5.91 Å². The SMILES string of the molecule is O=C(NCc1cnn(-c2ccccc2)c1)C1CNC1. The first kappa shape index (κ1) is 11.9. The molecule has 1 amide bonds. The maximum absolute atomic E-state index is 11.7. The maximum atomic E-state index is 11.7. The van der Waals surface area contributed by atoms with Crippen LogP contribution >= 0.6 is 0 Å². The molecule has 1 fully saturated rings. The first-order valence-corrected chi connectivity index (χ1v) is 6.40. The Morgan fingerprint density at radius 3 is 2.84 bits per heavy atom. The summed E-state index contributed by atoms with van der Waals surface area (Å²) in [5.41, 5.74) is 2.02. The molecule has 5 heteroatoms. The van der Waals surface area contributed by atoms with E-state index in [-0.39, 0.29) is 11.8 Å². The molecule has 1 aromatic heterocycles. The lowest BCUT2D eigenvalue weighted by Gasteiger charge is -2.25. The molecule has 98 valence electrons. The summed E-state index contributed by atoms with van der Waals surface area (Å²) in [6.07, 6.45) is 3.72. The summed E-state index contributed by atoms with van der Waals surface area (Å²) in [7, 11) is 0. The van der Waals surface area contributed by atoms with Crippen molar-refractivity contribution in [1.82, 2.24) is 20.4 Å². The van der Waals surface area contributed by atoms with Crippen LogP contribution in [0.2, 0.25) is 0 Å². The number of hydrogen-bond donors (Lipinski definition) is 2. The third-order valence-corrected chi connectivity index (χ3v) is 3.28. The van der Waals surface area contributed by atoms with E-state index in [9.17, 15) is 4.79 Å². The predicted octanol–water partition coefficient (Wildman–Crippen LogP) is 0.708. The summed E-state index contributed by atoms with van der Waals surface area (Å²) < 4.78 is 1.81. The Kier molecular flexibility index (Phi) is 3.29. The minimum absolute atomic E-state index is 0.117. The Labute approximate surface area is 111 Å². The minimum atomic E-state index is 0.117. The molecule has 1 aliphatic rings. The van der Waals surface area contributed by atoms with E-state index in [1.807, 2.05) is 41.2 Å². The van der Waals surface area contributed by atoms with E-state index in [0.29, 0.717) is 6.54 Å². The average molecular weight is 256 g/mol. The summed E-state index contributed by atoms with van der Waals surface area (Å²) in [6, 6.07) is 9.91. The summed E-state index contributed by atoms with van der Waals surface area (Å²) >= 11 is 0. The zero-order valence-electron chi connectivity index (χ0n) is 10.5. The molecule has 1 saturated heterocycles. The van der Waals surface area contributed by atoms with Crippen LogP contribution in [0.3, 0.4) is 0 Å². The van der Waals surface area contributed by atoms with Crippen LogP contribution in [0.5, 0.6) is 0 Å². The lowest BCUT2D eigenvalue weighted by Crippen LogP contribution is -2.50. The second kappa shape index (κ2) is 5.24. The molecule has 0 bridgehead atoms. The van der Waals surface area contributed by atoms with Gasteiger partial charge in [-0.15, -0.1) is 0 Å². The van der Waals surface area contributed by atoms with Crippen molar-refractivity contribution in [3.05, 3.63) is 48.3 Å². The number of carbonyl (C=O) groups is 1. The highest BCUT2D eigenvalue weighted by Crippen LogP contribution is 2.08. The summed E-state index contributed by atoms with van der Waals surface area (Å²) in [5.74, 6) is 0.246. The van der Waals surface area contributed by atoms with Crippen molar-refractivity contribution in [2.24, 2.45) is 5.92 Å². The fraction of sp³-hybridized carbons (Fsp3) is 0.286. The summed E-state index contributed by atoms with van der Waals surface area (Å²) in [4.78, 5) is 11.7. The molecule has 3 rings (SSSR count). The van der Waals surface area contributed by atoms with Crippen LogP contribution in [0.15, 0.2) is 42.7 Å². The van der Waals surface area contributed by atoms with Crippen molar-refractivity contribution in [2.45, 2.75) is 6.54 Å². The second-order valence-electron chi connectivity index (χ2n) is 4.70. The van der Waals surface area contributed by atoms with Gasteiger partial charge in [-0.25, -0.2) is 4.68 Å². The molecule has 0 saturated carbocycles. The van der Waals surface area contributed by atoms with E-state index >= 15 is 0 Å². The van der Waals surface area contributed by atoms with Gasteiger partial charge in [0, 0.05) is 31.4 Å². The molecule has 0 unspecified atom stereocenters. The molecular weight excluding hydrogens is 240 g/mol. The van der Waals surface area contributed by atoms with Gasteiger partial charge < -0.3 is 10.6 Å². The fourth-order valence-electron chi connectivity index (χ4n) is 1.98. The molecule has 19 heavy (non-hydrogen) atoms. The van der Waals surface area contributed by atoms with Crippen LogP contribution in [0.1, 0.15) is 5.56 Å². The molecule has 0 aliphatic carbocycles. The largest absolute Gasteiger partial charge is 0.352 e. The molecule has 1 aromatic carbocycles. The van der Waals surface area contributed by atoms with Gasteiger partial charge in [-0.3, -0.25) is 4.79 Å². The van der Waals surface area contributed by atoms with E-state index in [4.69, 9.17) is 0 Å². The number of hydrogen-bond acceptors (Lipinski definition) is 3. The maximum Gasteiger partial charge on any atom is 0.225 e. The molecule has 2 N–H and O–H groups in total. The van der Waals surface area contributed by atoms with E-state index < -0.39 is 0 Å². The van der Waals surface area contributed by atoms with Crippen LogP contribution in [0.25, 0.3) is 5.69 Å². The normalized spacial score (nSPS) is 14.9. The molecule has 0 radical (unpaired) electrons. The quantitative estimate of drug-likeness (QED) is 0.847. The minimum Gasteiger partial charge on any atom is -0.352 e. The van der Waals surface area contributed by atoms with E-state index in [1.165, 1.54) is 0 Å². The Morgan fingerprint density at radius 2 is 2.16 bits per heavy atom. The lowest BCUT2D eigenvalue weighted by atomic mass is 10.0. The molecule has 1 aliphatic heterocycles. The number of nitrogens with zero attached hydrogens (tertiary/aromatic N) is 2. The Hall–Kier alpha value is -2.14. The lowest BCUT2D eigenvalue weighted by molar-refractivity contribution is -0.126. The number of aromatic nitrogens is 2. The predicted molar refractivity (Wildman–Crippen MR) is 71.8 cm³/mol. The Bertz CT molecular complexity index is 560. The second-order valence-corrected chi connectivity index (χ2v) is 4.70. The number of nitrogens with one attached hydrogen (secondary N) is 2. The highest BCUT2D eigenvalue weighted by Gasteiger charge is 2.24. The average Bonchev–Trinajstić information content (AvgIpc) is 2.84. The molecule has 5 nitrogen and oxygen atoms in total. The van der Waals surface area contributed by atoms with E-state index in [0.717, 1.165) is 24.3 Å². The summed E-state index contributed by atoms with van der Waals surface area (Å²) in [5, 5.41) is 10.3. The van der Waals surface area contributed by atoms with Crippen LogP contribution in [-0.2, 0) is 11.3 Å². The number of rotatable bonds is 4. The molecule has 0 atom stereocenters. The topological polar surface area (TPSA) is 59.0 Å². The zero-order valence-corrected chi connectivity index (χ0v) is 10.5. The van der Waals surface area contributed by atoms with E-state index in [1.54, 1.807) is 6.20 Å². The van der Waals surface area contributed by atoms with Crippen molar-refractivity contribution in [3.63, 3.8) is 0 Å². The van der Waals surface area contributed by atoms with Gasteiger partial charge in [-0.1, -0.05) is 18.2 Å². The van der Waals surface area contributed by atoms with Crippen LogP contribution in [0.4, 0.5) is 0 Å². The van der Waals surface area contributed by atoms with Gasteiger partial charge in [0.25, 0.3) is 0 Å². The monoisotopic (exact) mass is 256 g/mol. The molecule has 0 spiro atoms. The van der Waals surface area contributed by atoms with Gasteiger partial charge in [0.15, 0.2) is 0 Å². The van der Waals surface area contributed by atoms with Crippen LogP contribution in [-0.4, -0.2) is 28.8 Å². The van der Waals surface area contributed by atoms with Gasteiger partial charge in [0.05, 0.1) is 17.8 Å². The highest BCUT2D eigenvalue weighted by atomic mass is 16.2. The first-order chi connectivity index (χ1) is 9.33. The molecular formula is C14H16N4O. The van der Waals surface area contributed by atoms with Crippen LogP contribution in [0, 0.1) is 5.92 Å². The van der Waals surface area contributed by atoms with Crippen molar-refractivity contribution in [1.29, 1.82) is 0 Å². The first-order valence-electron chi connectivity index (χ1n) is 6.40. The number of benzene rings is 1. The number of para-hydroxylation sites is 1. The summed E-state index contributed by atoms with van der Waals surface area (Å²) in [6.45, 7) is 2.10. The number of amides is 1. The zero-order chi connectivity index (χ0) is 13.1. The van der Waals surface area contributed by atoms with Crippen LogP contribution < -0.4 is 10.6 Å².